The van der Waals surface area contributed by atoms with Crippen molar-refractivity contribution in [3.05, 3.63) is 118 Å². The second-order valence-electron chi connectivity index (χ2n) is 6.27. The van der Waals surface area contributed by atoms with Gasteiger partial charge in [-0.1, -0.05) is 96.2 Å². The van der Waals surface area contributed by atoms with Crippen LogP contribution in [0.25, 0.3) is 0 Å². The van der Waals surface area contributed by atoms with E-state index in [1.807, 2.05) is 66.7 Å². The van der Waals surface area contributed by atoms with E-state index in [4.69, 9.17) is 0 Å². The van der Waals surface area contributed by atoms with Crippen LogP contribution in [0.15, 0.2) is 96.2 Å². The van der Waals surface area contributed by atoms with Gasteiger partial charge in [0, 0.05) is 16.9 Å². The fraction of sp³-hybridized carbons (Fsp3) is 0.136. The molecule has 5 nitrogen and oxygen atoms in total. The van der Waals surface area contributed by atoms with Crippen LogP contribution in [0.3, 0.4) is 0 Å². The summed E-state index contributed by atoms with van der Waals surface area (Å²) in [5, 5.41) is 25.1. The molecule has 0 amide bonds. The molecule has 0 aliphatic rings. The molecule has 3 aromatic rings. The highest BCUT2D eigenvalue weighted by Crippen LogP contribution is 2.37. The Kier molecular flexibility index (Phi) is 5.94. The normalized spacial score (nSPS) is 13.7. The molecule has 2 unspecified atom stereocenters. The van der Waals surface area contributed by atoms with Crippen molar-refractivity contribution < 1.29 is 10.1 Å². The van der Waals surface area contributed by atoms with Crippen LogP contribution in [0, 0.1) is 10.1 Å². The van der Waals surface area contributed by atoms with Gasteiger partial charge in [0.25, 0.3) is 0 Å². The third kappa shape index (κ3) is 4.39. The maximum atomic E-state index is 12.0. The van der Waals surface area contributed by atoms with Gasteiger partial charge < -0.3 is 5.21 Å². The number of nitro groups is 1. The predicted molar refractivity (Wildman–Crippen MR) is 105 cm³/mol. The molecule has 3 aromatic carbocycles. The Labute approximate surface area is 157 Å². The standard InChI is InChI=1S/C22H20N2O3/c25-23-21(18-12-6-2-7-13-18)16-20(17-10-4-1-5-11-17)22(24(26)27)19-14-8-3-9-15-19/h1-15,20,22,25H,16H2. The lowest BCUT2D eigenvalue weighted by Gasteiger charge is -2.22. The van der Waals surface area contributed by atoms with Gasteiger partial charge in [-0.3, -0.25) is 10.1 Å². The molecule has 0 bridgehead atoms. The molecule has 0 spiro atoms. The summed E-state index contributed by atoms with van der Waals surface area (Å²) in [6.07, 6.45) is 0.241. The van der Waals surface area contributed by atoms with Gasteiger partial charge in [0.05, 0.1) is 11.6 Å². The number of hydrogen-bond donors (Lipinski definition) is 1. The van der Waals surface area contributed by atoms with Gasteiger partial charge in [0.1, 0.15) is 0 Å². The van der Waals surface area contributed by atoms with Crippen molar-refractivity contribution >= 4 is 5.71 Å². The number of nitrogens with zero attached hydrogens (tertiary/aromatic N) is 2. The molecule has 0 fully saturated rings. The lowest BCUT2D eigenvalue weighted by molar-refractivity contribution is -0.533. The molecule has 5 heteroatoms. The fourth-order valence-corrected chi connectivity index (χ4v) is 3.32. The van der Waals surface area contributed by atoms with Crippen molar-refractivity contribution in [2.75, 3.05) is 0 Å². The van der Waals surface area contributed by atoms with Crippen molar-refractivity contribution in [1.29, 1.82) is 0 Å². The first-order valence-corrected chi connectivity index (χ1v) is 8.70. The monoisotopic (exact) mass is 360 g/mol. The minimum atomic E-state index is -0.950. The smallest absolute Gasteiger partial charge is 0.245 e. The lowest BCUT2D eigenvalue weighted by Crippen LogP contribution is -2.22. The molecule has 2 atom stereocenters. The highest BCUT2D eigenvalue weighted by atomic mass is 16.6. The first kappa shape index (κ1) is 18.3. The van der Waals surface area contributed by atoms with Crippen LogP contribution in [0.2, 0.25) is 0 Å². The summed E-state index contributed by atoms with van der Waals surface area (Å²) in [5.74, 6) is -0.477. The van der Waals surface area contributed by atoms with E-state index in [-0.39, 0.29) is 11.3 Å². The van der Waals surface area contributed by atoms with Gasteiger partial charge in [0.15, 0.2) is 0 Å². The van der Waals surface area contributed by atoms with Gasteiger partial charge in [-0.25, -0.2) is 0 Å². The van der Waals surface area contributed by atoms with E-state index in [0.29, 0.717) is 11.3 Å². The van der Waals surface area contributed by atoms with Crippen molar-refractivity contribution in [1.82, 2.24) is 0 Å². The van der Waals surface area contributed by atoms with Crippen LogP contribution >= 0.6 is 0 Å². The zero-order chi connectivity index (χ0) is 19.1. The lowest BCUT2D eigenvalue weighted by atomic mass is 9.82. The summed E-state index contributed by atoms with van der Waals surface area (Å²) >= 11 is 0. The summed E-state index contributed by atoms with van der Waals surface area (Å²) in [6, 6.07) is 26.6. The molecule has 0 saturated heterocycles. The Morgan fingerprint density at radius 2 is 1.33 bits per heavy atom. The van der Waals surface area contributed by atoms with E-state index in [9.17, 15) is 15.3 Å². The Morgan fingerprint density at radius 1 is 0.852 bits per heavy atom. The molecule has 0 heterocycles. The van der Waals surface area contributed by atoms with Gasteiger partial charge in [-0.2, -0.15) is 0 Å². The van der Waals surface area contributed by atoms with Gasteiger partial charge in [0.2, 0.25) is 6.04 Å². The average molecular weight is 360 g/mol. The van der Waals surface area contributed by atoms with E-state index in [1.54, 1.807) is 24.3 Å². The average Bonchev–Trinajstić information content (AvgIpc) is 2.72. The van der Waals surface area contributed by atoms with E-state index in [0.717, 1.165) is 11.1 Å². The molecule has 136 valence electrons. The summed E-state index contributed by atoms with van der Waals surface area (Å²) in [4.78, 5) is 11.8. The second-order valence-corrected chi connectivity index (χ2v) is 6.27. The van der Waals surface area contributed by atoms with Crippen molar-refractivity contribution in [2.24, 2.45) is 5.16 Å². The van der Waals surface area contributed by atoms with E-state index in [1.165, 1.54) is 0 Å². The minimum Gasteiger partial charge on any atom is -0.411 e. The van der Waals surface area contributed by atoms with Crippen LogP contribution in [-0.4, -0.2) is 15.8 Å². The Balaban J connectivity index is 2.04. The summed E-state index contributed by atoms with van der Waals surface area (Å²) in [6.45, 7) is 0. The quantitative estimate of drug-likeness (QED) is 0.277. The van der Waals surface area contributed by atoms with Gasteiger partial charge in [-0.15, -0.1) is 0 Å². The first-order valence-electron chi connectivity index (χ1n) is 8.70. The third-order valence-corrected chi connectivity index (χ3v) is 4.62. The second kappa shape index (κ2) is 8.76. The maximum absolute atomic E-state index is 12.0. The van der Waals surface area contributed by atoms with Crippen LogP contribution in [0.5, 0.6) is 0 Å². The zero-order valence-electron chi connectivity index (χ0n) is 14.7. The van der Waals surface area contributed by atoms with Crippen LogP contribution in [-0.2, 0) is 0 Å². The Hall–Kier alpha value is -3.47. The molecule has 3 rings (SSSR count). The van der Waals surface area contributed by atoms with Crippen LogP contribution < -0.4 is 0 Å². The molecule has 0 aromatic heterocycles. The Morgan fingerprint density at radius 3 is 1.81 bits per heavy atom. The molecule has 1 N–H and O–H groups in total. The minimum absolute atomic E-state index is 0.241. The predicted octanol–water partition coefficient (Wildman–Crippen LogP) is 5.06. The molecule has 0 aliphatic carbocycles. The van der Waals surface area contributed by atoms with E-state index in [2.05, 4.69) is 5.16 Å². The molecular formula is C22H20N2O3. The largest absolute Gasteiger partial charge is 0.411 e. The molecular weight excluding hydrogens is 340 g/mol. The molecule has 0 radical (unpaired) electrons. The molecule has 0 saturated carbocycles. The van der Waals surface area contributed by atoms with Crippen LogP contribution in [0.1, 0.15) is 35.1 Å². The maximum Gasteiger partial charge on any atom is 0.245 e. The number of hydrogen-bond acceptors (Lipinski definition) is 4. The fourth-order valence-electron chi connectivity index (χ4n) is 3.32. The number of benzene rings is 3. The topological polar surface area (TPSA) is 75.7 Å². The van der Waals surface area contributed by atoms with E-state index >= 15 is 0 Å². The van der Waals surface area contributed by atoms with E-state index < -0.39 is 12.0 Å². The molecule has 27 heavy (non-hydrogen) atoms. The molecule has 0 aliphatic heterocycles. The summed E-state index contributed by atoms with van der Waals surface area (Å²) in [5.41, 5.74) is 2.63. The first-order chi connectivity index (χ1) is 13.2. The highest BCUT2D eigenvalue weighted by Gasteiger charge is 2.35. The van der Waals surface area contributed by atoms with Crippen LogP contribution in [0.4, 0.5) is 0 Å². The van der Waals surface area contributed by atoms with Gasteiger partial charge in [-0.05, 0) is 11.1 Å². The highest BCUT2D eigenvalue weighted by molar-refractivity contribution is 6.00. The SMILES string of the molecule is O=[N+]([O-])C(c1ccccc1)C(CC(=NO)c1ccccc1)c1ccccc1. The van der Waals surface area contributed by atoms with Crippen molar-refractivity contribution in [3.8, 4) is 0 Å². The summed E-state index contributed by atoms with van der Waals surface area (Å²) in [7, 11) is 0. The zero-order valence-corrected chi connectivity index (χ0v) is 14.7. The Bertz CT molecular complexity index is 897. The van der Waals surface area contributed by atoms with Crippen molar-refractivity contribution in [2.45, 2.75) is 18.4 Å². The summed E-state index contributed by atoms with van der Waals surface area (Å²) < 4.78 is 0. The number of rotatable bonds is 7. The number of oxime groups is 1. The third-order valence-electron chi connectivity index (χ3n) is 4.62. The van der Waals surface area contributed by atoms with Gasteiger partial charge >= 0.3 is 0 Å². The van der Waals surface area contributed by atoms with Crippen molar-refractivity contribution in [3.63, 3.8) is 0 Å².